The average molecular weight is 714 g/mol. The SMILES string of the molecule is CNC(=O)CNC(=O)C1(c2ccc(OC)cc2)CC1.O=C(COc1cccc2c1C(=O)N(C1CCC(=O)NC1=O)C2=O)NCCOc1ccccc1. The Morgan fingerprint density at radius 1 is 0.846 bits per heavy atom. The molecule has 2 aliphatic heterocycles. The van der Waals surface area contributed by atoms with Crippen LogP contribution in [0.3, 0.4) is 0 Å². The highest BCUT2D eigenvalue weighted by molar-refractivity contribution is 6.24. The lowest BCUT2D eigenvalue weighted by Crippen LogP contribution is -2.54. The number of likely N-dealkylation sites (N-methyl/N-ethyl adjacent to an activating group) is 1. The van der Waals surface area contributed by atoms with E-state index in [1.807, 2.05) is 42.5 Å². The number of nitrogens with zero attached hydrogens (tertiary/aromatic N) is 1. The van der Waals surface area contributed by atoms with E-state index in [0.717, 1.165) is 29.1 Å². The van der Waals surface area contributed by atoms with Gasteiger partial charge < -0.3 is 30.2 Å². The molecule has 7 amide bonds. The van der Waals surface area contributed by atoms with Crippen molar-refractivity contribution in [1.82, 2.24) is 26.2 Å². The number of amides is 7. The first-order valence-electron chi connectivity index (χ1n) is 16.6. The molecule has 15 nitrogen and oxygen atoms in total. The highest BCUT2D eigenvalue weighted by Gasteiger charge is 2.51. The third-order valence-corrected chi connectivity index (χ3v) is 8.74. The van der Waals surface area contributed by atoms with Crippen LogP contribution in [0.4, 0.5) is 0 Å². The first-order valence-corrected chi connectivity index (χ1v) is 16.6. The summed E-state index contributed by atoms with van der Waals surface area (Å²) in [5, 5.41) is 9.95. The standard InChI is InChI=1S/C23H21N3O7.C14H18N2O3/c27-18-10-9-16(21(29)25-18)26-22(30)15-7-4-8-17(20(15)23(26)31)33-13-19(28)24-11-12-32-14-5-2-1-3-6-14;1-15-12(17)9-16-13(18)14(7-8-14)10-3-5-11(19-2)6-4-10/h1-8,16H,9-13H2,(H,24,28)(H,25,27,29);3-6H,7-9H2,1-2H3,(H,15,17)(H,16,18). The largest absolute Gasteiger partial charge is 0.497 e. The number of fused-ring (bicyclic) bond motifs is 1. The average Bonchev–Trinajstić information content (AvgIpc) is 3.94. The quantitative estimate of drug-likeness (QED) is 0.148. The summed E-state index contributed by atoms with van der Waals surface area (Å²) in [6.45, 7) is 0.171. The molecule has 15 heteroatoms. The number of hydrogen-bond donors (Lipinski definition) is 4. The van der Waals surface area contributed by atoms with E-state index in [0.29, 0.717) is 5.75 Å². The molecule has 4 N–H and O–H groups in total. The van der Waals surface area contributed by atoms with Gasteiger partial charge in [-0.3, -0.25) is 43.8 Å². The Morgan fingerprint density at radius 2 is 1.58 bits per heavy atom. The molecule has 1 atom stereocenters. The molecule has 272 valence electrons. The van der Waals surface area contributed by atoms with Crippen molar-refractivity contribution >= 4 is 41.4 Å². The van der Waals surface area contributed by atoms with Crippen LogP contribution < -0.4 is 35.5 Å². The molecule has 0 aromatic heterocycles. The van der Waals surface area contributed by atoms with Crippen LogP contribution in [0.25, 0.3) is 0 Å². The molecule has 1 saturated carbocycles. The summed E-state index contributed by atoms with van der Waals surface area (Å²) in [6.07, 6.45) is 1.72. The van der Waals surface area contributed by atoms with E-state index < -0.39 is 41.0 Å². The van der Waals surface area contributed by atoms with Crippen molar-refractivity contribution in [3.8, 4) is 17.2 Å². The van der Waals surface area contributed by atoms with Crippen molar-refractivity contribution < 1.29 is 47.8 Å². The van der Waals surface area contributed by atoms with Crippen molar-refractivity contribution in [2.45, 2.75) is 37.1 Å². The van der Waals surface area contributed by atoms with E-state index in [9.17, 15) is 33.6 Å². The second-order valence-corrected chi connectivity index (χ2v) is 12.1. The molecule has 6 rings (SSSR count). The van der Waals surface area contributed by atoms with Gasteiger partial charge in [-0.05, 0) is 61.2 Å². The molecular formula is C37H39N5O10. The number of benzene rings is 3. The van der Waals surface area contributed by atoms with Gasteiger partial charge in [0.05, 0.1) is 36.7 Å². The van der Waals surface area contributed by atoms with Crippen LogP contribution in [0, 0.1) is 0 Å². The number of rotatable bonds is 13. The number of imide groups is 2. The third kappa shape index (κ3) is 8.54. The zero-order valence-electron chi connectivity index (χ0n) is 28.7. The minimum atomic E-state index is -1.07. The van der Waals surface area contributed by atoms with E-state index in [1.165, 1.54) is 18.2 Å². The van der Waals surface area contributed by atoms with Crippen LogP contribution in [0.1, 0.15) is 52.0 Å². The number of nitrogens with one attached hydrogen (secondary N) is 4. The van der Waals surface area contributed by atoms with Gasteiger partial charge >= 0.3 is 0 Å². The molecule has 3 aliphatic rings. The Labute approximate surface area is 299 Å². The van der Waals surface area contributed by atoms with Crippen molar-refractivity contribution in [2.24, 2.45) is 0 Å². The topological polar surface area (TPSA) is 199 Å². The predicted octanol–water partition coefficient (Wildman–Crippen LogP) is 1.25. The highest BCUT2D eigenvalue weighted by atomic mass is 16.5. The van der Waals surface area contributed by atoms with Gasteiger partial charge in [-0.15, -0.1) is 0 Å². The van der Waals surface area contributed by atoms with Gasteiger partial charge in [0.25, 0.3) is 17.7 Å². The van der Waals surface area contributed by atoms with Gasteiger partial charge in [0.15, 0.2) is 6.61 Å². The molecule has 3 aromatic carbocycles. The van der Waals surface area contributed by atoms with Gasteiger partial charge in [-0.1, -0.05) is 36.4 Å². The van der Waals surface area contributed by atoms with Crippen molar-refractivity contribution in [3.05, 3.63) is 89.5 Å². The molecule has 0 bridgehead atoms. The van der Waals surface area contributed by atoms with E-state index in [-0.39, 0.29) is 67.8 Å². The number of hydrogen-bond acceptors (Lipinski definition) is 10. The lowest BCUT2D eigenvalue weighted by atomic mass is 9.95. The van der Waals surface area contributed by atoms with Gasteiger partial charge in [-0.2, -0.15) is 0 Å². The van der Waals surface area contributed by atoms with E-state index in [2.05, 4.69) is 21.3 Å². The molecule has 0 radical (unpaired) electrons. The molecular weight excluding hydrogens is 674 g/mol. The van der Waals surface area contributed by atoms with Gasteiger partial charge in [-0.25, -0.2) is 0 Å². The summed E-state index contributed by atoms with van der Waals surface area (Å²) >= 11 is 0. The number of para-hydroxylation sites is 1. The fourth-order valence-corrected chi connectivity index (χ4v) is 5.77. The summed E-state index contributed by atoms with van der Waals surface area (Å²) in [5.41, 5.74) is 0.592. The Bertz CT molecular complexity index is 1840. The number of methoxy groups -OCH3 is 1. The lowest BCUT2D eigenvalue weighted by Gasteiger charge is -2.27. The molecule has 2 fully saturated rings. The Balaban J connectivity index is 0.000000233. The van der Waals surface area contributed by atoms with E-state index >= 15 is 0 Å². The maximum absolute atomic E-state index is 13.0. The Hall–Kier alpha value is -6.25. The molecule has 2 heterocycles. The summed E-state index contributed by atoms with van der Waals surface area (Å²) in [7, 11) is 3.16. The van der Waals surface area contributed by atoms with Crippen LogP contribution in [0.5, 0.6) is 17.2 Å². The smallest absolute Gasteiger partial charge is 0.266 e. The molecule has 1 saturated heterocycles. The van der Waals surface area contributed by atoms with Crippen molar-refractivity contribution in [2.75, 3.05) is 40.5 Å². The summed E-state index contributed by atoms with van der Waals surface area (Å²) in [6, 6.07) is 20.1. The molecule has 3 aromatic rings. The van der Waals surface area contributed by atoms with Gasteiger partial charge in [0, 0.05) is 13.5 Å². The number of carbonyl (C=O) groups is 7. The maximum Gasteiger partial charge on any atom is 0.266 e. The minimum absolute atomic E-state index is 0.00703. The number of ether oxygens (including phenoxy) is 3. The fraction of sp³-hybridized carbons (Fsp3) is 0.324. The predicted molar refractivity (Wildman–Crippen MR) is 185 cm³/mol. The second kappa shape index (κ2) is 16.6. The van der Waals surface area contributed by atoms with Crippen LogP contribution in [-0.4, -0.2) is 92.8 Å². The van der Waals surface area contributed by atoms with E-state index in [4.69, 9.17) is 14.2 Å². The minimum Gasteiger partial charge on any atom is -0.497 e. The Morgan fingerprint density at radius 3 is 2.23 bits per heavy atom. The lowest BCUT2D eigenvalue weighted by molar-refractivity contribution is -0.136. The fourth-order valence-electron chi connectivity index (χ4n) is 5.77. The number of piperidine rings is 1. The summed E-state index contributed by atoms with van der Waals surface area (Å²) in [4.78, 5) is 85.7. The van der Waals surface area contributed by atoms with Crippen molar-refractivity contribution in [3.63, 3.8) is 0 Å². The monoisotopic (exact) mass is 713 g/mol. The summed E-state index contributed by atoms with van der Waals surface area (Å²) < 4.78 is 16.1. The van der Waals surface area contributed by atoms with Gasteiger partial charge in [0.1, 0.15) is 29.9 Å². The number of carbonyl (C=O) groups excluding carboxylic acids is 7. The molecule has 1 aliphatic carbocycles. The molecule has 0 spiro atoms. The van der Waals surface area contributed by atoms with Crippen LogP contribution in [0.15, 0.2) is 72.8 Å². The third-order valence-electron chi connectivity index (χ3n) is 8.74. The normalized spacial score (nSPS) is 16.7. The zero-order valence-corrected chi connectivity index (χ0v) is 28.7. The maximum atomic E-state index is 13.0. The second-order valence-electron chi connectivity index (χ2n) is 12.1. The van der Waals surface area contributed by atoms with Crippen LogP contribution in [0.2, 0.25) is 0 Å². The van der Waals surface area contributed by atoms with E-state index in [1.54, 1.807) is 26.3 Å². The highest BCUT2D eigenvalue weighted by Crippen LogP contribution is 2.48. The zero-order chi connectivity index (χ0) is 37.3. The first kappa shape index (κ1) is 37.0. The molecule has 52 heavy (non-hydrogen) atoms. The van der Waals surface area contributed by atoms with Crippen LogP contribution >= 0.6 is 0 Å². The summed E-state index contributed by atoms with van der Waals surface area (Å²) in [5.74, 6) is -1.66. The van der Waals surface area contributed by atoms with Gasteiger partial charge in [0.2, 0.25) is 23.6 Å². The Kier molecular flexibility index (Phi) is 11.8. The first-order chi connectivity index (χ1) is 25.1. The van der Waals surface area contributed by atoms with Crippen LogP contribution in [-0.2, 0) is 29.4 Å². The van der Waals surface area contributed by atoms with Crippen molar-refractivity contribution in [1.29, 1.82) is 0 Å². The molecule has 1 unspecified atom stereocenters.